The Morgan fingerprint density at radius 2 is 1.94 bits per heavy atom. The van der Waals surface area contributed by atoms with Crippen LogP contribution in [0.1, 0.15) is 21.7 Å². The van der Waals surface area contributed by atoms with Crippen molar-refractivity contribution in [2.45, 2.75) is 19.0 Å². The van der Waals surface area contributed by atoms with E-state index in [9.17, 15) is 9.59 Å². The molecule has 0 radical (unpaired) electrons. The lowest BCUT2D eigenvalue weighted by Crippen LogP contribution is -2.42. The summed E-state index contributed by atoms with van der Waals surface area (Å²) in [6.07, 6.45) is 4.79. The lowest BCUT2D eigenvalue weighted by molar-refractivity contribution is -0.119. The Morgan fingerprint density at radius 3 is 2.66 bits per heavy atom. The van der Waals surface area contributed by atoms with Crippen molar-refractivity contribution >= 4 is 23.6 Å². The molecular formula is C22H20N6O3S. The number of hydrogen-bond acceptors (Lipinski definition) is 7. The number of nitrogens with one attached hydrogen (secondary N) is 2. The highest BCUT2D eigenvalue weighted by atomic mass is 32.2. The molecule has 0 aliphatic heterocycles. The van der Waals surface area contributed by atoms with E-state index in [2.05, 4.69) is 26.0 Å². The molecule has 0 fully saturated rings. The molecule has 0 saturated carbocycles. The van der Waals surface area contributed by atoms with Crippen molar-refractivity contribution in [1.82, 2.24) is 30.6 Å². The van der Waals surface area contributed by atoms with E-state index < -0.39 is 11.8 Å². The summed E-state index contributed by atoms with van der Waals surface area (Å²) >= 11 is 1.21. The van der Waals surface area contributed by atoms with E-state index in [0.717, 1.165) is 16.8 Å². The van der Waals surface area contributed by atoms with Crippen LogP contribution in [0, 0.1) is 13.8 Å². The smallest absolute Gasteiger partial charge is 0.305 e. The second-order valence-corrected chi connectivity index (χ2v) is 7.86. The maximum atomic E-state index is 12.3. The summed E-state index contributed by atoms with van der Waals surface area (Å²) in [5, 5.41) is 9.18. The molecule has 0 aliphatic carbocycles. The summed E-state index contributed by atoms with van der Waals surface area (Å²) < 4.78 is 6.88. The fraction of sp³-hybridized carbons (Fsp3) is 0.136. The molecule has 0 aliphatic rings. The van der Waals surface area contributed by atoms with Gasteiger partial charge in [-0.15, -0.1) is 10.2 Å². The molecule has 1 aromatic carbocycles. The first-order valence-electron chi connectivity index (χ1n) is 9.72. The van der Waals surface area contributed by atoms with Crippen LogP contribution in [0.25, 0.3) is 17.1 Å². The van der Waals surface area contributed by atoms with Gasteiger partial charge in [-0.1, -0.05) is 17.8 Å². The van der Waals surface area contributed by atoms with Gasteiger partial charge in [-0.25, -0.2) is 0 Å². The van der Waals surface area contributed by atoms with Crippen LogP contribution in [0.5, 0.6) is 0 Å². The largest absolute Gasteiger partial charge is 0.459 e. The van der Waals surface area contributed by atoms with E-state index in [4.69, 9.17) is 4.42 Å². The number of furan rings is 1. The average molecular weight is 449 g/mol. The number of aromatic nitrogens is 4. The third kappa shape index (κ3) is 4.70. The summed E-state index contributed by atoms with van der Waals surface area (Å²) in [5.74, 6) is -0.184. The Morgan fingerprint density at radius 1 is 1.06 bits per heavy atom. The van der Waals surface area contributed by atoms with Gasteiger partial charge >= 0.3 is 5.91 Å². The number of rotatable bonds is 6. The molecule has 4 aromatic rings. The monoisotopic (exact) mass is 448 g/mol. The summed E-state index contributed by atoms with van der Waals surface area (Å²) in [5.41, 5.74) is 8.67. The van der Waals surface area contributed by atoms with Crippen molar-refractivity contribution in [3.05, 3.63) is 78.0 Å². The lowest BCUT2D eigenvalue weighted by Gasteiger charge is -2.12. The number of hydrogen-bond donors (Lipinski definition) is 2. The molecule has 3 heterocycles. The molecule has 0 bridgehead atoms. The van der Waals surface area contributed by atoms with Gasteiger partial charge in [0.1, 0.15) is 0 Å². The van der Waals surface area contributed by atoms with Crippen molar-refractivity contribution in [2.75, 3.05) is 5.75 Å². The Balaban J connectivity index is 1.53. The molecule has 0 atom stereocenters. The van der Waals surface area contributed by atoms with Crippen molar-refractivity contribution in [3.63, 3.8) is 0 Å². The van der Waals surface area contributed by atoms with Crippen LogP contribution in [0.3, 0.4) is 0 Å². The second-order valence-electron chi connectivity index (χ2n) is 6.92. The number of thioether (sulfide) groups is 1. The van der Waals surface area contributed by atoms with Gasteiger partial charge < -0.3 is 4.42 Å². The quantitative estimate of drug-likeness (QED) is 0.344. The zero-order valence-corrected chi connectivity index (χ0v) is 18.2. The summed E-state index contributed by atoms with van der Waals surface area (Å²) in [7, 11) is 0. The lowest BCUT2D eigenvalue weighted by atomic mass is 10.1. The molecule has 2 N–H and O–H groups in total. The number of benzene rings is 1. The normalized spacial score (nSPS) is 10.7. The van der Waals surface area contributed by atoms with Gasteiger partial charge in [0.15, 0.2) is 16.7 Å². The predicted octanol–water partition coefficient (Wildman–Crippen LogP) is 3.09. The van der Waals surface area contributed by atoms with Gasteiger partial charge in [0, 0.05) is 18.0 Å². The Labute approximate surface area is 188 Å². The molecule has 0 saturated heterocycles. The molecule has 10 heteroatoms. The van der Waals surface area contributed by atoms with Crippen LogP contribution >= 0.6 is 11.8 Å². The summed E-state index contributed by atoms with van der Waals surface area (Å²) in [6.45, 7) is 4.08. The van der Waals surface area contributed by atoms with Crippen LogP contribution in [-0.4, -0.2) is 37.3 Å². The van der Waals surface area contributed by atoms with Crippen LogP contribution in [0.4, 0.5) is 0 Å². The zero-order valence-electron chi connectivity index (χ0n) is 17.4. The first-order valence-corrected chi connectivity index (χ1v) is 10.7. The maximum Gasteiger partial charge on any atom is 0.305 e. The molecule has 162 valence electrons. The Bertz CT molecular complexity index is 1240. The standard InChI is InChI=1S/C22H20N6O3S/c1-14-7-8-17(11-15(14)2)28-20(16-5-3-9-23-12-16)25-27-22(28)32-13-19(29)24-26-21(30)18-6-4-10-31-18/h3-12H,13H2,1-2H3,(H,24,29)(H,26,30). The molecule has 3 aromatic heterocycles. The zero-order chi connectivity index (χ0) is 22.5. The number of aryl methyl sites for hydroxylation is 2. The number of amides is 2. The highest BCUT2D eigenvalue weighted by Crippen LogP contribution is 2.28. The van der Waals surface area contributed by atoms with Crippen molar-refractivity contribution in [3.8, 4) is 17.1 Å². The van der Waals surface area contributed by atoms with E-state index >= 15 is 0 Å². The minimum atomic E-state index is -0.537. The first-order chi connectivity index (χ1) is 15.5. The van der Waals surface area contributed by atoms with Gasteiger partial charge in [-0.3, -0.25) is 30.0 Å². The van der Waals surface area contributed by atoms with Crippen LogP contribution in [-0.2, 0) is 4.79 Å². The van der Waals surface area contributed by atoms with Crippen molar-refractivity contribution in [2.24, 2.45) is 0 Å². The molecule has 0 unspecified atom stereocenters. The molecule has 32 heavy (non-hydrogen) atoms. The highest BCUT2D eigenvalue weighted by molar-refractivity contribution is 7.99. The van der Waals surface area contributed by atoms with Gasteiger partial charge in [0.2, 0.25) is 5.91 Å². The highest BCUT2D eigenvalue weighted by Gasteiger charge is 2.18. The van der Waals surface area contributed by atoms with Gasteiger partial charge in [0.25, 0.3) is 0 Å². The van der Waals surface area contributed by atoms with Crippen LogP contribution in [0.2, 0.25) is 0 Å². The van der Waals surface area contributed by atoms with Gasteiger partial charge in [-0.05, 0) is 61.4 Å². The summed E-state index contributed by atoms with van der Waals surface area (Å²) in [4.78, 5) is 28.3. The van der Waals surface area contributed by atoms with Gasteiger partial charge in [-0.2, -0.15) is 0 Å². The van der Waals surface area contributed by atoms with E-state index in [-0.39, 0.29) is 11.5 Å². The Hall–Kier alpha value is -3.92. The molecule has 0 spiro atoms. The van der Waals surface area contributed by atoms with Crippen LogP contribution < -0.4 is 10.9 Å². The number of carbonyl (C=O) groups is 2. The number of pyridine rings is 1. The first kappa shape index (κ1) is 21.3. The number of hydrazine groups is 1. The minimum absolute atomic E-state index is 0.0223. The van der Waals surface area contributed by atoms with E-state index in [1.165, 1.54) is 29.7 Å². The number of nitrogens with zero attached hydrogens (tertiary/aromatic N) is 4. The van der Waals surface area contributed by atoms with Crippen LogP contribution in [0.15, 0.2) is 70.7 Å². The fourth-order valence-corrected chi connectivity index (χ4v) is 3.66. The van der Waals surface area contributed by atoms with Crippen molar-refractivity contribution < 1.29 is 14.0 Å². The fourth-order valence-electron chi connectivity index (χ4n) is 2.90. The predicted molar refractivity (Wildman–Crippen MR) is 119 cm³/mol. The molecule has 9 nitrogen and oxygen atoms in total. The van der Waals surface area contributed by atoms with E-state index in [1.54, 1.807) is 18.5 Å². The molecule has 2 amide bonds. The third-order valence-corrected chi connectivity index (χ3v) is 5.62. The van der Waals surface area contributed by atoms with Crippen molar-refractivity contribution in [1.29, 1.82) is 0 Å². The second kappa shape index (κ2) is 9.48. The van der Waals surface area contributed by atoms with Gasteiger partial charge in [0.05, 0.1) is 17.7 Å². The molecular weight excluding hydrogens is 428 g/mol. The van der Waals surface area contributed by atoms with E-state index in [1.807, 2.05) is 48.7 Å². The number of carbonyl (C=O) groups excluding carboxylic acids is 2. The summed E-state index contributed by atoms with van der Waals surface area (Å²) in [6, 6.07) is 12.9. The average Bonchev–Trinajstić information content (AvgIpc) is 3.49. The van der Waals surface area contributed by atoms with E-state index in [0.29, 0.717) is 11.0 Å². The minimum Gasteiger partial charge on any atom is -0.459 e. The third-order valence-electron chi connectivity index (χ3n) is 4.69. The molecule has 4 rings (SSSR count). The SMILES string of the molecule is Cc1ccc(-n2c(SCC(=O)NNC(=O)c3ccco3)nnc2-c2cccnc2)cc1C. The topological polar surface area (TPSA) is 115 Å². The maximum absolute atomic E-state index is 12.3. The Kier molecular flexibility index (Phi) is 6.31.